The Kier molecular flexibility index (Phi) is 5.77. The molecular formula is C28H34N4O3. The summed E-state index contributed by atoms with van der Waals surface area (Å²) in [6.07, 6.45) is 3.00. The molecule has 1 unspecified atom stereocenters. The minimum absolute atomic E-state index is 0.00879. The first-order chi connectivity index (χ1) is 17.0. The van der Waals surface area contributed by atoms with Crippen LogP contribution >= 0.6 is 0 Å². The number of amides is 2. The van der Waals surface area contributed by atoms with Gasteiger partial charge in [0.15, 0.2) is 0 Å². The van der Waals surface area contributed by atoms with Crippen LogP contribution in [0.1, 0.15) is 41.2 Å². The SMILES string of the molecule is CN1CCN(C(=O)c2ccc(NC(=O)C3CC3)cc2N2CCC3(COC3)C2)C(c2ccccc2)C1. The molecule has 3 saturated heterocycles. The van der Waals surface area contributed by atoms with Gasteiger partial charge in [-0.1, -0.05) is 30.3 Å². The minimum atomic E-state index is 0.00879. The summed E-state index contributed by atoms with van der Waals surface area (Å²) < 4.78 is 5.54. The molecule has 4 fully saturated rings. The van der Waals surface area contributed by atoms with Crippen LogP contribution in [0.4, 0.5) is 11.4 Å². The summed E-state index contributed by atoms with van der Waals surface area (Å²) in [4.78, 5) is 33.2. The molecule has 1 aliphatic carbocycles. The average molecular weight is 475 g/mol. The summed E-state index contributed by atoms with van der Waals surface area (Å²) in [6, 6.07) is 16.2. The van der Waals surface area contributed by atoms with Crippen LogP contribution in [0.25, 0.3) is 0 Å². The lowest BCUT2D eigenvalue weighted by Gasteiger charge is -2.41. The predicted octanol–water partition coefficient (Wildman–Crippen LogP) is 3.39. The van der Waals surface area contributed by atoms with Crippen molar-refractivity contribution in [1.82, 2.24) is 9.80 Å². The van der Waals surface area contributed by atoms with E-state index in [1.54, 1.807) is 0 Å². The lowest BCUT2D eigenvalue weighted by atomic mass is 9.85. The molecule has 1 atom stereocenters. The fraction of sp³-hybridized carbons (Fsp3) is 0.500. The highest BCUT2D eigenvalue weighted by Gasteiger charge is 2.45. The van der Waals surface area contributed by atoms with Gasteiger partial charge in [0, 0.05) is 49.7 Å². The number of carbonyl (C=O) groups is 2. The van der Waals surface area contributed by atoms with Crippen LogP contribution in [-0.4, -0.2) is 74.6 Å². The highest BCUT2D eigenvalue weighted by atomic mass is 16.5. The van der Waals surface area contributed by atoms with Gasteiger partial charge >= 0.3 is 0 Å². The van der Waals surface area contributed by atoms with E-state index in [1.807, 2.05) is 41.3 Å². The number of benzene rings is 2. The number of nitrogens with one attached hydrogen (secondary N) is 1. The summed E-state index contributed by atoms with van der Waals surface area (Å²) in [7, 11) is 2.12. The maximum absolute atomic E-state index is 14.1. The topological polar surface area (TPSA) is 65.1 Å². The maximum atomic E-state index is 14.1. The minimum Gasteiger partial charge on any atom is -0.380 e. The molecule has 1 saturated carbocycles. The summed E-state index contributed by atoms with van der Waals surface area (Å²) in [5.74, 6) is 0.287. The van der Waals surface area contributed by atoms with Gasteiger partial charge in [-0.3, -0.25) is 9.59 Å². The first-order valence-corrected chi connectivity index (χ1v) is 12.8. The largest absolute Gasteiger partial charge is 0.380 e. The van der Waals surface area contributed by atoms with Crippen molar-refractivity contribution in [2.75, 3.05) is 63.2 Å². The quantitative estimate of drug-likeness (QED) is 0.720. The van der Waals surface area contributed by atoms with E-state index in [-0.39, 0.29) is 29.2 Å². The first kappa shape index (κ1) is 22.6. The number of carbonyl (C=O) groups excluding carboxylic acids is 2. The lowest BCUT2D eigenvalue weighted by Crippen LogP contribution is -2.49. The van der Waals surface area contributed by atoms with Crippen LogP contribution in [-0.2, 0) is 9.53 Å². The second kappa shape index (κ2) is 8.95. The van der Waals surface area contributed by atoms with Crippen molar-refractivity contribution in [1.29, 1.82) is 0 Å². The number of likely N-dealkylation sites (N-methyl/N-ethyl adjacent to an activating group) is 1. The molecular weight excluding hydrogens is 440 g/mol. The predicted molar refractivity (Wildman–Crippen MR) is 136 cm³/mol. The van der Waals surface area contributed by atoms with Crippen molar-refractivity contribution in [2.24, 2.45) is 11.3 Å². The molecule has 35 heavy (non-hydrogen) atoms. The van der Waals surface area contributed by atoms with Crippen molar-refractivity contribution in [2.45, 2.75) is 25.3 Å². The summed E-state index contributed by atoms with van der Waals surface area (Å²) in [5, 5.41) is 3.08. The first-order valence-electron chi connectivity index (χ1n) is 12.8. The van der Waals surface area contributed by atoms with E-state index in [2.05, 4.69) is 34.3 Å². The van der Waals surface area contributed by atoms with Gasteiger partial charge in [0.1, 0.15) is 0 Å². The van der Waals surface area contributed by atoms with Crippen LogP contribution in [0.5, 0.6) is 0 Å². The van der Waals surface area contributed by atoms with Gasteiger partial charge in [0.2, 0.25) is 5.91 Å². The van der Waals surface area contributed by atoms with Gasteiger partial charge in [0.05, 0.1) is 30.5 Å². The highest BCUT2D eigenvalue weighted by Crippen LogP contribution is 2.42. The monoisotopic (exact) mass is 474 g/mol. The molecule has 7 nitrogen and oxygen atoms in total. The Bertz CT molecular complexity index is 1110. The second-order valence-electron chi connectivity index (χ2n) is 10.8. The third-order valence-corrected chi connectivity index (χ3v) is 8.07. The molecule has 2 aromatic rings. The van der Waals surface area contributed by atoms with Gasteiger partial charge in [0.25, 0.3) is 5.91 Å². The Hall–Kier alpha value is -2.90. The Morgan fingerprint density at radius 3 is 2.51 bits per heavy atom. The number of ether oxygens (including phenoxy) is 1. The van der Waals surface area contributed by atoms with E-state index in [0.29, 0.717) is 6.54 Å². The highest BCUT2D eigenvalue weighted by molar-refractivity contribution is 6.02. The van der Waals surface area contributed by atoms with Crippen molar-refractivity contribution in [3.63, 3.8) is 0 Å². The Morgan fingerprint density at radius 1 is 1.03 bits per heavy atom. The fourth-order valence-corrected chi connectivity index (χ4v) is 5.69. The van der Waals surface area contributed by atoms with Crippen LogP contribution < -0.4 is 10.2 Å². The van der Waals surface area contributed by atoms with E-state index >= 15 is 0 Å². The van der Waals surface area contributed by atoms with Crippen molar-refractivity contribution in [3.8, 4) is 0 Å². The molecule has 0 radical (unpaired) electrons. The molecule has 3 heterocycles. The molecule has 1 N–H and O–H groups in total. The van der Waals surface area contributed by atoms with Gasteiger partial charge in [-0.15, -0.1) is 0 Å². The van der Waals surface area contributed by atoms with E-state index in [1.165, 1.54) is 0 Å². The summed E-state index contributed by atoms with van der Waals surface area (Å²) in [5.41, 5.74) is 3.79. The van der Waals surface area contributed by atoms with Gasteiger partial charge in [-0.2, -0.15) is 0 Å². The molecule has 2 amide bonds. The van der Waals surface area contributed by atoms with E-state index in [9.17, 15) is 9.59 Å². The number of piperazine rings is 1. The Labute approximate surface area is 207 Å². The normalized spacial score (nSPS) is 23.9. The molecule has 0 bridgehead atoms. The van der Waals surface area contributed by atoms with Crippen molar-refractivity contribution in [3.05, 3.63) is 59.7 Å². The maximum Gasteiger partial charge on any atom is 0.256 e. The zero-order chi connectivity index (χ0) is 24.0. The van der Waals surface area contributed by atoms with Gasteiger partial charge in [-0.25, -0.2) is 0 Å². The van der Waals surface area contributed by atoms with E-state index in [0.717, 1.165) is 81.2 Å². The standard InChI is InChI=1S/C28H34N4O3/c1-30-13-14-32(25(16-30)20-5-3-2-4-6-20)27(34)23-10-9-22(29-26(33)21-7-8-21)15-24(23)31-12-11-28(17-31)18-35-19-28/h2-6,9-10,15,21,25H,7-8,11-14,16-19H2,1H3,(H,29,33). The molecule has 3 aliphatic heterocycles. The molecule has 4 aliphatic rings. The third-order valence-electron chi connectivity index (χ3n) is 8.07. The zero-order valence-corrected chi connectivity index (χ0v) is 20.4. The smallest absolute Gasteiger partial charge is 0.256 e. The molecule has 184 valence electrons. The zero-order valence-electron chi connectivity index (χ0n) is 20.4. The molecule has 6 rings (SSSR count). The molecule has 2 aromatic carbocycles. The lowest BCUT2D eigenvalue weighted by molar-refractivity contribution is -0.117. The number of nitrogens with zero attached hydrogens (tertiary/aromatic N) is 3. The number of anilines is 2. The fourth-order valence-electron chi connectivity index (χ4n) is 5.69. The number of rotatable bonds is 5. The van der Waals surface area contributed by atoms with E-state index in [4.69, 9.17) is 4.74 Å². The molecule has 0 aromatic heterocycles. The second-order valence-corrected chi connectivity index (χ2v) is 10.8. The van der Waals surface area contributed by atoms with Crippen molar-refractivity contribution >= 4 is 23.2 Å². The number of hydrogen-bond donors (Lipinski definition) is 1. The average Bonchev–Trinajstić information content (AvgIpc) is 3.61. The number of hydrogen-bond acceptors (Lipinski definition) is 5. The molecule has 1 spiro atoms. The summed E-state index contributed by atoms with van der Waals surface area (Å²) in [6.45, 7) is 5.71. The van der Waals surface area contributed by atoms with Gasteiger partial charge in [-0.05, 0) is 50.1 Å². The Balaban J connectivity index is 1.32. The van der Waals surface area contributed by atoms with Gasteiger partial charge < -0.3 is 24.8 Å². The molecule has 7 heteroatoms. The third kappa shape index (κ3) is 4.43. The van der Waals surface area contributed by atoms with E-state index < -0.39 is 0 Å². The van der Waals surface area contributed by atoms with Crippen LogP contribution in [0, 0.1) is 11.3 Å². The summed E-state index contributed by atoms with van der Waals surface area (Å²) >= 11 is 0. The van der Waals surface area contributed by atoms with Crippen LogP contribution in [0.2, 0.25) is 0 Å². The van der Waals surface area contributed by atoms with Crippen molar-refractivity contribution < 1.29 is 14.3 Å². The van der Waals surface area contributed by atoms with Crippen LogP contribution in [0.3, 0.4) is 0 Å². The Morgan fingerprint density at radius 2 is 1.83 bits per heavy atom. The van der Waals surface area contributed by atoms with Crippen LogP contribution in [0.15, 0.2) is 48.5 Å².